The Balaban J connectivity index is 2.01. The summed E-state index contributed by atoms with van der Waals surface area (Å²) in [6, 6.07) is 8.81. The van der Waals surface area contributed by atoms with Crippen molar-refractivity contribution < 1.29 is 24.6 Å². The molecule has 2 N–H and O–H groups in total. The predicted octanol–water partition coefficient (Wildman–Crippen LogP) is 1.89. The molecule has 1 aromatic rings. The van der Waals surface area contributed by atoms with Crippen LogP contribution in [0.5, 0.6) is 0 Å². The van der Waals surface area contributed by atoms with Crippen LogP contribution in [0, 0.1) is 5.92 Å². The lowest BCUT2D eigenvalue weighted by atomic mass is 10.0. The van der Waals surface area contributed by atoms with Crippen LogP contribution in [0.3, 0.4) is 0 Å². The van der Waals surface area contributed by atoms with Crippen LogP contribution in [0.1, 0.15) is 36.5 Å². The molecule has 6 heteroatoms. The minimum atomic E-state index is -1.20. The number of rotatable bonds is 7. The molecular formula is C19H23NO5. The fourth-order valence-electron chi connectivity index (χ4n) is 3.03. The lowest BCUT2D eigenvalue weighted by Gasteiger charge is -2.24. The SMILES string of the molecule is CC1CCN(C(=O)c2ccccc2)C1/C=C/C(=O)C[C@@H](O)CC(=O)O. The second-order valence-electron chi connectivity index (χ2n) is 6.40. The zero-order valence-electron chi connectivity index (χ0n) is 14.2. The number of hydrogen-bond donors (Lipinski definition) is 2. The number of aliphatic hydroxyl groups is 1. The summed E-state index contributed by atoms with van der Waals surface area (Å²) in [6.07, 6.45) is 1.99. The highest BCUT2D eigenvalue weighted by Crippen LogP contribution is 2.26. The number of nitrogens with zero attached hydrogens (tertiary/aromatic N) is 1. The molecule has 25 heavy (non-hydrogen) atoms. The summed E-state index contributed by atoms with van der Waals surface area (Å²) in [5, 5.41) is 18.1. The number of ketones is 1. The molecule has 6 nitrogen and oxygen atoms in total. The van der Waals surface area contributed by atoms with E-state index in [1.54, 1.807) is 23.1 Å². The average molecular weight is 345 g/mol. The molecule has 1 amide bonds. The molecule has 2 rings (SSSR count). The number of likely N-dealkylation sites (tertiary alicyclic amines) is 1. The van der Waals surface area contributed by atoms with Gasteiger partial charge in [0, 0.05) is 18.5 Å². The Kier molecular flexibility index (Phi) is 6.47. The highest BCUT2D eigenvalue weighted by atomic mass is 16.4. The fourth-order valence-corrected chi connectivity index (χ4v) is 3.03. The number of carboxylic acid groups (broad SMARTS) is 1. The minimum absolute atomic E-state index is 0.0713. The second-order valence-corrected chi connectivity index (χ2v) is 6.40. The first-order valence-electron chi connectivity index (χ1n) is 8.35. The molecule has 0 spiro atoms. The van der Waals surface area contributed by atoms with Crippen LogP contribution in [0.4, 0.5) is 0 Å². The monoisotopic (exact) mass is 345 g/mol. The molecule has 1 aliphatic heterocycles. The molecule has 1 aromatic carbocycles. The van der Waals surface area contributed by atoms with Crippen molar-refractivity contribution in [2.24, 2.45) is 5.92 Å². The Bertz CT molecular complexity index is 655. The number of benzene rings is 1. The van der Waals surface area contributed by atoms with Crippen LogP contribution < -0.4 is 0 Å². The Labute approximate surface area is 146 Å². The third kappa shape index (κ3) is 5.26. The molecule has 0 radical (unpaired) electrons. The van der Waals surface area contributed by atoms with Crippen LogP contribution in [0.2, 0.25) is 0 Å². The van der Waals surface area contributed by atoms with Gasteiger partial charge in [0.25, 0.3) is 5.91 Å². The van der Waals surface area contributed by atoms with Crippen LogP contribution in [-0.4, -0.2) is 51.5 Å². The van der Waals surface area contributed by atoms with Gasteiger partial charge in [-0.05, 0) is 30.5 Å². The Hall–Kier alpha value is -2.47. The molecule has 0 bridgehead atoms. The Morgan fingerprint density at radius 3 is 2.56 bits per heavy atom. The molecular weight excluding hydrogens is 322 g/mol. The van der Waals surface area contributed by atoms with Gasteiger partial charge in [-0.25, -0.2) is 0 Å². The van der Waals surface area contributed by atoms with Crippen LogP contribution in [0.15, 0.2) is 42.5 Å². The van der Waals surface area contributed by atoms with Gasteiger partial charge in [-0.15, -0.1) is 0 Å². The molecule has 0 aromatic heterocycles. The molecule has 1 heterocycles. The van der Waals surface area contributed by atoms with Gasteiger partial charge in [0.1, 0.15) is 0 Å². The topological polar surface area (TPSA) is 94.9 Å². The number of aliphatic hydroxyl groups excluding tert-OH is 1. The predicted molar refractivity (Wildman–Crippen MR) is 92.1 cm³/mol. The van der Waals surface area contributed by atoms with Crippen molar-refractivity contribution in [3.8, 4) is 0 Å². The van der Waals surface area contributed by atoms with Gasteiger partial charge < -0.3 is 15.1 Å². The van der Waals surface area contributed by atoms with E-state index in [2.05, 4.69) is 0 Å². The number of allylic oxidation sites excluding steroid dienone is 1. The van der Waals surface area contributed by atoms with E-state index in [1.807, 2.05) is 25.1 Å². The van der Waals surface area contributed by atoms with E-state index in [1.165, 1.54) is 6.08 Å². The number of hydrogen-bond acceptors (Lipinski definition) is 4. The molecule has 1 aliphatic rings. The van der Waals surface area contributed by atoms with Crippen molar-refractivity contribution in [3.05, 3.63) is 48.0 Å². The maximum absolute atomic E-state index is 12.6. The van der Waals surface area contributed by atoms with Gasteiger partial charge in [-0.3, -0.25) is 14.4 Å². The molecule has 3 atom stereocenters. The Morgan fingerprint density at radius 2 is 1.92 bits per heavy atom. The van der Waals surface area contributed by atoms with E-state index < -0.39 is 18.5 Å². The van der Waals surface area contributed by atoms with Crippen molar-refractivity contribution in [2.75, 3.05) is 6.54 Å². The van der Waals surface area contributed by atoms with Gasteiger partial charge >= 0.3 is 5.97 Å². The quantitative estimate of drug-likeness (QED) is 0.736. The van der Waals surface area contributed by atoms with Gasteiger partial charge in [0.15, 0.2) is 5.78 Å². The standard InChI is InChI=1S/C19H23NO5/c1-13-9-10-20(19(25)14-5-3-2-4-6-14)17(13)8-7-15(21)11-16(22)12-18(23)24/h2-8,13,16-17,22H,9-12H2,1H3,(H,23,24)/b8-7+/t13?,16-,17?/m1/s1. The van der Waals surface area contributed by atoms with E-state index in [0.29, 0.717) is 12.1 Å². The summed E-state index contributed by atoms with van der Waals surface area (Å²) < 4.78 is 0. The van der Waals surface area contributed by atoms with Crippen LogP contribution in [-0.2, 0) is 9.59 Å². The van der Waals surface area contributed by atoms with Gasteiger partial charge in [0.2, 0.25) is 0 Å². The summed E-state index contributed by atoms with van der Waals surface area (Å²) in [5.74, 6) is -1.34. The minimum Gasteiger partial charge on any atom is -0.481 e. The second kappa shape index (κ2) is 8.58. The molecule has 0 aliphatic carbocycles. The summed E-state index contributed by atoms with van der Waals surface area (Å²) in [7, 11) is 0. The first-order valence-corrected chi connectivity index (χ1v) is 8.35. The van der Waals surface area contributed by atoms with Crippen LogP contribution >= 0.6 is 0 Å². The molecule has 134 valence electrons. The van der Waals surface area contributed by atoms with E-state index >= 15 is 0 Å². The number of carboxylic acids is 1. The Morgan fingerprint density at radius 1 is 1.24 bits per heavy atom. The molecule has 1 fully saturated rings. The molecule has 0 saturated carbocycles. The van der Waals surface area contributed by atoms with Gasteiger partial charge in [-0.1, -0.05) is 31.2 Å². The fraction of sp³-hybridized carbons (Fsp3) is 0.421. The first kappa shape index (κ1) is 18.9. The van der Waals surface area contributed by atoms with Crippen molar-refractivity contribution in [3.63, 3.8) is 0 Å². The van der Waals surface area contributed by atoms with Crippen LogP contribution in [0.25, 0.3) is 0 Å². The lowest BCUT2D eigenvalue weighted by molar-refractivity contribution is -0.139. The van der Waals surface area contributed by atoms with E-state index in [0.717, 1.165) is 6.42 Å². The highest BCUT2D eigenvalue weighted by Gasteiger charge is 2.33. The first-order chi connectivity index (χ1) is 11.9. The van der Waals surface area contributed by atoms with Crippen molar-refractivity contribution in [2.45, 2.75) is 38.3 Å². The maximum Gasteiger partial charge on any atom is 0.305 e. The smallest absolute Gasteiger partial charge is 0.305 e. The van der Waals surface area contributed by atoms with Gasteiger partial charge in [0.05, 0.1) is 18.6 Å². The molecule has 2 unspecified atom stereocenters. The number of amides is 1. The van der Waals surface area contributed by atoms with Gasteiger partial charge in [-0.2, -0.15) is 0 Å². The zero-order valence-corrected chi connectivity index (χ0v) is 14.2. The van der Waals surface area contributed by atoms with E-state index in [4.69, 9.17) is 5.11 Å². The van der Waals surface area contributed by atoms with E-state index in [-0.39, 0.29) is 30.1 Å². The summed E-state index contributed by atoms with van der Waals surface area (Å²) in [5.41, 5.74) is 0.609. The normalized spacial score (nSPS) is 21.4. The summed E-state index contributed by atoms with van der Waals surface area (Å²) in [4.78, 5) is 36.8. The van der Waals surface area contributed by atoms with E-state index in [9.17, 15) is 19.5 Å². The average Bonchev–Trinajstić information content (AvgIpc) is 2.93. The summed E-state index contributed by atoms with van der Waals surface area (Å²) >= 11 is 0. The number of carbonyl (C=O) groups is 3. The number of aliphatic carboxylic acids is 1. The third-order valence-corrected chi connectivity index (χ3v) is 4.38. The van der Waals surface area contributed by atoms with Crippen molar-refractivity contribution in [1.29, 1.82) is 0 Å². The zero-order chi connectivity index (χ0) is 18.4. The van der Waals surface area contributed by atoms with Crippen molar-refractivity contribution in [1.82, 2.24) is 4.90 Å². The lowest BCUT2D eigenvalue weighted by Crippen LogP contribution is -2.36. The maximum atomic E-state index is 12.6. The molecule has 1 saturated heterocycles. The highest BCUT2D eigenvalue weighted by molar-refractivity contribution is 5.95. The summed E-state index contributed by atoms with van der Waals surface area (Å²) in [6.45, 7) is 2.65. The third-order valence-electron chi connectivity index (χ3n) is 4.38. The van der Waals surface area contributed by atoms with Crippen molar-refractivity contribution >= 4 is 17.7 Å². The largest absolute Gasteiger partial charge is 0.481 e. The number of carbonyl (C=O) groups excluding carboxylic acids is 2.